The summed E-state index contributed by atoms with van der Waals surface area (Å²) in [4.78, 5) is 8.20. The molecule has 0 unspecified atom stereocenters. The minimum absolute atomic E-state index is 0. The van der Waals surface area contributed by atoms with Crippen LogP contribution in [-0.4, -0.2) is 48.3 Å². The number of para-hydroxylation sites is 2. The molecule has 0 aliphatic carbocycles. The molecule has 0 saturated carbocycles. The summed E-state index contributed by atoms with van der Waals surface area (Å²) < 4.78 is 18.7. The molecule has 0 spiro atoms. The van der Waals surface area contributed by atoms with Crippen molar-refractivity contribution in [3.8, 4) is 11.5 Å². The predicted octanol–water partition coefficient (Wildman–Crippen LogP) is 1.29. The molecular formula is C18H21N2O6Re+2. The minimum atomic E-state index is 0. The average Bonchev–Trinajstić information content (AvgIpc) is 3.39. The van der Waals surface area contributed by atoms with Crippen LogP contribution in [0.2, 0.25) is 0 Å². The number of phenolic OH excluding ortho intramolecular Hbond substituents is 2. The predicted molar refractivity (Wildman–Crippen MR) is 96.5 cm³/mol. The number of hydrogen-bond donors (Lipinski definition) is 2. The van der Waals surface area contributed by atoms with Crippen molar-refractivity contribution in [1.29, 1.82) is 0 Å². The summed E-state index contributed by atoms with van der Waals surface area (Å²) >= 11 is 0.472. The van der Waals surface area contributed by atoms with Crippen LogP contribution in [0.25, 0.3) is 0 Å². The topological polar surface area (TPSA) is 137 Å². The SMILES string of the molecule is Oc1ccccc1C1=NCCO1.Oc1ccccc1C1=NCCO1.[18OH3+].[O+]#[Re]. The summed E-state index contributed by atoms with van der Waals surface area (Å²) in [6, 6.07) is 14.1. The fraction of sp³-hybridized carbons (Fsp3) is 0.222. The Bertz CT molecular complexity index is 757. The van der Waals surface area contributed by atoms with Gasteiger partial charge >= 0.3 is 22.3 Å². The molecule has 5 N–H and O–H groups in total. The zero-order valence-corrected chi connectivity index (χ0v) is 17.1. The Labute approximate surface area is 166 Å². The quantitative estimate of drug-likeness (QED) is 0.431. The van der Waals surface area contributed by atoms with E-state index in [1.165, 1.54) is 0 Å². The molecular weight excluding hydrogens is 528 g/mol. The molecule has 0 saturated heterocycles. The van der Waals surface area contributed by atoms with Gasteiger partial charge in [-0.3, -0.25) is 0 Å². The number of aliphatic imine (C=N–C) groups is 2. The molecule has 4 rings (SSSR count). The number of rotatable bonds is 2. The Morgan fingerprint density at radius 3 is 1.41 bits per heavy atom. The van der Waals surface area contributed by atoms with Gasteiger partial charge in [0.1, 0.15) is 24.7 Å². The third kappa shape index (κ3) is 6.34. The molecule has 2 heterocycles. The van der Waals surface area contributed by atoms with E-state index < -0.39 is 0 Å². The molecule has 2 aromatic rings. The van der Waals surface area contributed by atoms with Gasteiger partial charge in [0.25, 0.3) is 0 Å². The van der Waals surface area contributed by atoms with E-state index in [1.807, 2.05) is 12.1 Å². The second kappa shape index (κ2) is 12.0. The van der Waals surface area contributed by atoms with E-state index in [-0.39, 0.29) is 17.0 Å². The number of nitrogens with zero attached hydrogens (tertiary/aromatic N) is 2. The van der Waals surface area contributed by atoms with Crippen LogP contribution >= 0.6 is 0 Å². The Morgan fingerprint density at radius 1 is 0.741 bits per heavy atom. The van der Waals surface area contributed by atoms with Crippen LogP contribution in [0.1, 0.15) is 11.1 Å². The van der Waals surface area contributed by atoms with E-state index in [9.17, 15) is 10.2 Å². The van der Waals surface area contributed by atoms with E-state index >= 15 is 0 Å². The van der Waals surface area contributed by atoms with Gasteiger partial charge in [0, 0.05) is 0 Å². The Hall–Kier alpha value is -2.44. The molecule has 2 aliphatic rings. The number of hydrogen-bond acceptors (Lipinski definition) is 6. The van der Waals surface area contributed by atoms with Crippen LogP contribution in [0.4, 0.5) is 0 Å². The van der Waals surface area contributed by atoms with Crippen molar-refractivity contribution in [3.63, 3.8) is 0 Å². The van der Waals surface area contributed by atoms with Crippen molar-refractivity contribution in [3.05, 3.63) is 59.7 Å². The Kier molecular flexibility index (Phi) is 10.1. The van der Waals surface area contributed by atoms with Gasteiger partial charge in [0.05, 0.1) is 24.2 Å². The summed E-state index contributed by atoms with van der Waals surface area (Å²) in [5.74, 6) is 1.54. The van der Waals surface area contributed by atoms with E-state index in [4.69, 9.17) is 12.8 Å². The number of aromatic hydroxyl groups is 2. The fourth-order valence-electron chi connectivity index (χ4n) is 2.31. The average molecular weight is 550 g/mol. The van der Waals surface area contributed by atoms with Gasteiger partial charge in [-0.1, -0.05) is 24.3 Å². The van der Waals surface area contributed by atoms with Crippen molar-refractivity contribution < 1.29 is 47.4 Å². The molecule has 0 bridgehead atoms. The van der Waals surface area contributed by atoms with Gasteiger partial charge in [-0.25, -0.2) is 9.98 Å². The monoisotopic (exact) mass is 550 g/mol. The molecule has 0 atom stereocenters. The zero-order chi connectivity index (χ0) is 18.8. The van der Waals surface area contributed by atoms with Gasteiger partial charge in [-0.05, 0) is 24.3 Å². The summed E-state index contributed by atoms with van der Waals surface area (Å²) in [7, 11) is 0. The second-order valence-corrected chi connectivity index (χ2v) is 5.10. The van der Waals surface area contributed by atoms with Crippen molar-refractivity contribution >= 4 is 11.8 Å². The van der Waals surface area contributed by atoms with Gasteiger partial charge in [-0.2, -0.15) is 0 Å². The van der Waals surface area contributed by atoms with E-state index in [2.05, 4.69) is 9.98 Å². The van der Waals surface area contributed by atoms with Crippen LogP contribution in [0.15, 0.2) is 58.5 Å². The van der Waals surface area contributed by atoms with Crippen LogP contribution < -0.4 is 0 Å². The van der Waals surface area contributed by atoms with E-state index in [0.717, 1.165) is 0 Å². The Balaban J connectivity index is 0.000000239. The van der Waals surface area contributed by atoms with Crippen molar-refractivity contribution in [2.75, 3.05) is 26.3 Å². The zero-order valence-electron chi connectivity index (χ0n) is 14.4. The maximum atomic E-state index is 9.41. The van der Waals surface area contributed by atoms with Crippen molar-refractivity contribution in [1.82, 2.24) is 0 Å². The maximum absolute atomic E-state index is 9.41. The molecule has 9 heteroatoms. The van der Waals surface area contributed by atoms with E-state index in [0.29, 0.717) is 68.2 Å². The third-order valence-corrected chi connectivity index (χ3v) is 3.44. The molecule has 0 amide bonds. The molecule has 2 aromatic carbocycles. The van der Waals surface area contributed by atoms with Crippen molar-refractivity contribution in [2.24, 2.45) is 9.98 Å². The molecule has 0 aromatic heterocycles. The van der Waals surface area contributed by atoms with Crippen LogP contribution in [0, 0.1) is 0 Å². The second-order valence-electron chi connectivity index (χ2n) is 5.10. The number of benzene rings is 2. The first kappa shape index (κ1) is 22.6. The molecule has 0 fully saturated rings. The Morgan fingerprint density at radius 2 is 1.11 bits per heavy atom. The van der Waals surface area contributed by atoms with Gasteiger partial charge in [0.2, 0.25) is 11.8 Å². The first-order valence-electron chi connectivity index (χ1n) is 7.82. The molecule has 0 radical (unpaired) electrons. The van der Waals surface area contributed by atoms with E-state index in [1.54, 1.807) is 36.4 Å². The number of ether oxygens (including phenoxy) is 2. The van der Waals surface area contributed by atoms with Gasteiger partial charge < -0.3 is 25.2 Å². The van der Waals surface area contributed by atoms with Crippen LogP contribution in [0.5, 0.6) is 11.5 Å². The van der Waals surface area contributed by atoms with Gasteiger partial charge in [0.15, 0.2) is 0 Å². The summed E-state index contributed by atoms with van der Waals surface area (Å²) in [6.07, 6.45) is 0. The fourth-order valence-corrected chi connectivity index (χ4v) is 2.31. The molecule has 27 heavy (non-hydrogen) atoms. The normalized spacial score (nSPS) is 13.9. The third-order valence-electron chi connectivity index (χ3n) is 3.44. The molecule has 8 nitrogen and oxygen atoms in total. The summed E-state index contributed by atoms with van der Waals surface area (Å²) in [5.41, 5.74) is 1.35. The molecule has 2 aliphatic heterocycles. The summed E-state index contributed by atoms with van der Waals surface area (Å²) in [6.45, 7) is 2.60. The van der Waals surface area contributed by atoms with Gasteiger partial charge in [-0.15, -0.1) is 0 Å². The first-order valence-corrected chi connectivity index (χ1v) is 8.93. The van der Waals surface area contributed by atoms with Crippen molar-refractivity contribution in [2.45, 2.75) is 0 Å². The first-order chi connectivity index (χ1) is 12.8. The number of phenols is 2. The molecule has 144 valence electrons. The summed E-state index contributed by atoms with van der Waals surface area (Å²) in [5, 5.41) is 18.8. The standard InChI is InChI=1S/2C9H9NO2.H2O.O.Re/c2*11-8-4-2-1-3-7(8)9-10-5-6-12-9;;;/h2*1-4,11H,5-6H2;1H2;;/q;;;+1;/p+1/i;;1+2;;. The van der Waals surface area contributed by atoms with Crippen LogP contribution in [-0.2, 0) is 37.2 Å². The van der Waals surface area contributed by atoms with Crippen LogP contribution in [0.3, 0.4) is 0 Å².